The number of carbonyl (C=O) groups excluding carboxylic acids is 1. The Morgan fingerprint density at radius 3 is 2.53 bits per heavy atom. The second kappa shape index (κ2) is 8.15. The van der Waals surface area contributed by atoms with E-state index in [1.54, 1.807) is 4.90 Å². The molecule has 164 valence electrons. The summed E-state index contributed by atoms with van der Waals surface area (Å²) < 4.78 is 0. The molecule has 0 aliphatic carbocycles. The number of carbonyl (C=O) groups is 1. The molecule has 0 radical (unpaired) electrons. The van der Waals surface area contributed by atoms with E-state index in [-0.39, 0.29) is 29.0 Å². The third kappa shape index (κ3) is 3.64. The Hall–Kier alpha value is -3.61. The van der Waals surface area contributed by atoms with E-state index in [2.05, 4.69) is 21.2 Å². The molecule has 7 nitrogen and oxygen atoms in total. The predicted octanol–water partition coefficient (Wildman–Crippen LogP) is 4.14. The zero-order valence-corrected chi connectivity index (χ0v) is 18.0. The molecule has 0 spiro atoms. The van der Waals surface area contributed by atoms with Crippen LogP contribution in [0.3, 0.4) is 0 Å². The smallest absolute Gasteiger partial charge is 0.262 e. The molecule has 2 aliphatic rings. The number of amides is 1. The summed E-state index contributed by atoms with van der Waals surface area (Å²) in [5.41, 5.74) is 3.86. The van der Waals surface area contributed by atoms with Gasteiger partial charge in [-0.25, -0.2) is 0 Å². The molecule has 1 atom stereocenters. The van der Waals surface area contributed by atoms with Crippen LogP contribution < -0.4 is 9.80 Å². The van der Waals surface area contributed by atoms with Gasteiger partial charge < -0.3 is 20.0 Å². The number of phenols is 2. The maximum atomic E-state index is 13.3. The molecule has 5 rings (SSSR count). The van der Waals surface area contributed by atoms with Crippen molar-refractivity contribution in [1.29, 1.82) is 0 Å². The summed E-state index contributed by atoms with van der Waals surface area (Å²) in [6, 6.07) is 14.1. The number of aryl methyl sites for hydroxylation is 1. The molecular weight excluding hydrogens is 404 g/mol. The summed E-state index contributed by atoms with van der Waals surface area (Å²) >= 11 is 0. The summed E-state index contributed by atoms with van der Waals surface area (Å²) in [6.07, 6.45) is 4.07. The number of rotatable bonds is 3. The van der Waals surface area contributed by atoms with Crippen molar-refractivity contribution in [2.45, 2.75) is 38.6 Å². The van der Waals surface area contributed by atoms with Crippen LogP contribution in [0.1, 0.15) is 42.1 Å². The van der Waals surface area contributed by atoms with E-state index in [0.29, 0.717) is 0 Å². The zero-order valence-electron chi connectivity index (χ0n) is 18.0. The number of benzene rings is 2. The summed E-state index contributed by atoms with van der Waals surface area (Å²) in [5.74, 6) is 0.342. The molecule has 0 unspecified atom stereocenters. The van der Waals surface area contributed by atoms with E-state index in [9.17, 15) is 15.0 Å². The number of aromatic hydroxyl groups is 2. The van der Waals surface area contributed by atoms with E-state index in [0.717, 1.165) is 54.3 Å². The number of anilines is 2. The van der Waals surface area contributed by atoms with Gasteiger partial charge in [-0.2, -0.15) is 0 Å². The molecule has 3 aromatic rings. The van der Waals surface area contributed by atoms with Crippen molar-refractivity contribution in [1.82, 2.24) is 10.2 Å². The molecule has 2 aliphatic heterocycles. The fourth-order valence-corrected chi connectivity index (χ4v) is 4.65. The lowest BCUT2D eigenvalue weighted by Crippen LogP contribution is -2.42. The molecule has 3 heterocycles. The van der Waals surface area contributed by atoms with Crippen molar-refractivity contribution in [2.75, 3.05) is 22.9 Å². The molecule has 2 N–H and O–H groups in total. The van der Waals surface area contributed by atoms with Gasteiger partial charge in [0.15, 0.2) is 5.82 Å². The SMILES string of the molecule is C[C@H]1CCc2cc(-c3ccc(N4CCCC4)nn3)ccc2N1C(=O)c1ccc(O)cc1O. The molecule has 1 fully saturated rings. The average Bonchev–Trinajstić information content (AvgIpc) is 3.33. The minimum atomic E-state index is -0.279. The van der Waals surface area contributed by atoms with Crippen LogP contribution in [0.4, 0.5) is 11.5 Å². The van der Waals surface area contributed by atoms with Crippen LogP contribution in [0.2, 0.25) is 0 Å². The second-order valence-corrected chi connectivity index (χ2v) is 8.58. The van der Waals surface area contributed by atoms with Gasteiger partial charge in [0.05, 0.1) is 11.3 Å². The van der Waals surface area contributed by atoms with Crippen molar-refractivity contribution in [2.24, 2.45) is 0 Å². The van der Waals surface area contributed by atoms with Crippen LogP contribution in [0.25, 0.3) is 11.3 Å². The summed E-state index contributed by atoms with van der Waals surface area (Å²) in [5, 5.41) is 28.6. The lowest BCUT2D eigenvalue weighted by Gasteiger charge is -2.35. The molecule has 7 heteroatoms. The highest BCUT2D eigenvalue weighted by Gasteiger charge is 2.30. The van der Waals surface area contributed by atoms with Crippen LogP contribution in [-0.2, 0) is 6.42 Å². The minimum Gasteiger partial charge on any atom is -0.508 e. The fourth-order valence-electron chi connectivity index (χ4n) is 4.65. The lowest BCUT2D eigenvalue weighted by atomic mass is 9.93. The fraction of sp³-hybridized carbons (Fsp3) is 0.320. The van der Waals surface area contributed by atoms with Crippen LogP contribution in [0.15, 0.2) is 48.5 Å². The Morgan fingerprint density at radius 2 is 1.81 bits per heavy atom. The van der Waals surface area contributed by atoms with E-state index in [4.69, 9.17) is 0 Å². The van der Waals surface area contributed by atoms with Gasteiger partial charge in [0, 0.05) is 36.4 Å². The second-order valence-electron chi connectivity index (χ2n) is 8.58. The molecule has 1 amide bonds. The number of phenolic OH excluding ortho intramolecular Hbond substituents is 2. The first-order valence-electron chi connectivity index (χ1n) is 11.1. The average molecular weight is 431 g/mol. The van der Waals surface area contributed by atoms with E-state index in [1.807, 2.05) is 31.2 Å². The molecule has 1 aromatic heterocycles. The highest BCUT2D eigenvalue weighted by molar-refractivity contribution is 6.09. The van der Waals surface area contributed by atoms with Crippen molar-refractivity contribution in [3.8, 4) is 22.8 Å². The third-order valence-electron chi connectivity index (χ3n) is 6.42. The summed E-state index contributed by atoms with van der Waals surface area (Å²) in [7, 11) is 0. The first kappa shape index (κ1) is 20.3. The number of hydrogen-bond acceptors (Lipinski definition) is 6. The van der Waals surface area contributed by atoms with Crippen molar-refractivity contribution in [3.05, 3.63) is 59.7 Å². The van der Waals surface area contributed by atoms with Crippen molar-refractivity contribution >= 4 is 17.4 Å². The highest BCUT2D eigenvalue weighted by atomic mass is 16.3. The Balaban J connectivity index is 1.45. The van der Waals surface area contributed by atoms with E-state index in [1.165, 1.54) is 31.0 Å². The van der Waals surface area contributed by atoms with Crippen LogP contribution >= 0.6 is 0 Å². The Bertz CT molecular complexity index is 1160. The lowest BCUT2D eigenvalue weighted by molar-refractivity contribution is 0.0972. The van der Waals surface area contributed by atoms with Crippen LogP contribution in [-0.4, -0.2) is 45.4 Å². The van der Waals surface area contributed by atoms with Gasteiger partial charge in [0.25, 0.3) is 5.91 Å². The number of aromatic nitrogens is 2. The molecule has 1 saturated heterocycles. The third-order valence-corrected chi connectivity index (χ3v) is 6.42. The van der Waals surface area contributed by atoms with Crippen molar-refractivity contribution < 1.29 is 15.0 Å². The quantitative estimate of drug-likeness (QED) is 0.649. The Morgan fingerprint density at radius 1 is 1.00 bits per heavy atom. The standard InChI is InChI=1S/C25H26N4O3/c1-16-4-5-18-14-17(21-9-11-24(27-26-21)28-12-2-3-13-28)6-10-22(18)29(16)25(32)20-8-7-19(30)15-23(20)31/h6-11,14-16,30-31H,2-5,12-13H2,1H3/t16-/m0/s1. The van der Waals surface area contributed by atoms with Gasteiger partial charge in [-0.05, 0) is 74.6 Å². The van der Waals surface area contributed by atoms with E-state index >= 15 is 0 Å². The summed E-state index contributed by atoms with van der Waals surface area (Å²) in [4.78, 5) is 17.3. The molecule has 2 aromatic carbocycles. The highest BCUT2D eigenvalue weighted by Crippen LogP contribution is 2.36. The van der Waals surface area contributed by atoms with Gasteiger partial charge in [-0.15, -0.1) is 10.2 Å². The maximum absolute atomic E-state index is 13.3. The largest absolute Gasteiger partial charge is 0.508 e. The van der Waals surface area contributed by atoms with Gasteiger partial charge >= 0.3 is 0 Å². The van der Waals surface area contributed by atoms with Gasteiger partial charge in [0.2, 0.25) is 0 Å². The molecular formula is C25H26N4O3. The Kier molecular flexibility index (Phi) is 5.17. The normalized spacial score (nSPS) is 18.0. The Labute approximate surface area is 186 Å². The van der Waals surface area contributed by atoms with Gasteiger partial charge in [-0.3, -0.25) is 4.79 Å². The molecule has 0 bridgehead atoms. The van der Waals surface area contributed by atoms with Crippen LogP contribution in [0, 0.1) is 0 Å². The first-order valence-corrected chi connectivity index (χ1v) is 11.1. The number of nitrogens with zero attached hydrogens (tertiary/aromatic N) is 4. The van der Waals surface area contributed by atoms with E-state index < -0.39 is 0 Å². The predicted molar refractivity (Wildman–Crippen MR) is 123 cm³/mol. The zero-order chi connectivity index (χ0) is 22.2. The first-order chi connectivity index (χ1) is 15.5. The maximum Gasteiger partial charge on any atom is 0.262 e. The molecule has 32 heavy (non-hydrogen) atoms. The monoisotopic (exact) mass is 430 g/mol. The van der Waals surface area contributed by atoms with Gasteiger partial charge in [-0.1, -0.05) is 6.07 Å². The van der Waals surface area contributed by atoms with Crippen LogP contribution in [0.5, 0.6) is 11.5 Å². The number of fused-ring (bicyclic) bond motifs is 1. The van der Waals surface area contributed by atoms with Crippen molar-refractivity contribution in [3.63, 3.8) is 0 Å². The van der Waals surface area contributed by atoms with Gasteiger partial charge in [0.1, 0.15) is 11.5 Å². The topological polar surface area (TPSA) is 89.8 Å². The minimum absolute atomic E-state index is 0.00594. The number of hydrogen-bond donors (Lipinski definition) is 2. The molecule has 0 saturated carbocycles. The summed E-state index contributed by atoms with van der Waals surface area (Å²) in [6.45, 7) is 4.08.